The average molecular weight is 376 g/mol. The Balaban J connectivity index is 1.85. The van der Waals surface area contributed by atoms with E-state index in [9.17, 15) is 4.79 Å². The molecular weight excluding hydrogens is 354 g/mol. The van der Waals surface area contributed by atoms with Crippen molar-refractivity contribution in [2.24, 2.45) is 0 Å². The molecule has 1 aliphatic heterocycles. The van der Waals surface area contributed by atoms with Gasteiger partial charge in [-0.15, -0.1) is 0 Å². The topological polar surface area (TPSA) is 70.6 Å². The van der Waals surface area contributed by atoms with Gasteiger partial charge in [0.1, 0.15) is 5.82 Å². The number of aromatic nitrogens is 2. The van der Waals surface area contributed by atoms with Gasteiger partial charge in [-0.05, 0) is 32.2 Å². The molecule has 1 aromatic heterocycles. The molecule has 7 nitrogen and oxygen atoms in total. The largest absolute Gasteiger partial charge is 0.465 e. The molecule has 1 aliphatic rings. The Morgan fingerprint density at radius 3 is 2.62 bits per heavy atom. The molecule has 1 fully saturated rings. The number of likely N-dealkylation sites (N-methyl/N-ethyl adjacent to an activating group) is 1. The van der Waals surface area contributed by atoms with Gasteiger partial charge in [-0.25, -0.2) is 9.78 Å². The van der Waals surface area contributed by atoms with E-state index in [0.29, 0.717) is 28.0 Å². The molecule has 26 heavy (non-hydrogen) atoms. The highest BCUT2D eigenvalue weighted by Gasteiger charge is 2.18. The zero-order valence-electron chi connectivity index (χ0n) is 15.1. The fourth-order valence-corrected chi connectivity index (χ4v) is 2.93. The molecule has 2 aromatic rings. The molecule has 1 aromatic carbocycles. The van der Waals surface area contributed by atoms with E-state index in [-0.39, 0.29) is 0 Å². The summed E-state index contributed by atoms with van der Waals surface area (Å²) in [5, 5.41) is 3.69. The lowest BCUT2D eigenvalue weighted by atomic mass is 10.2. The Bertz CT molecular complexity index is 806. The van der Waals surface area contributed by atoms with Crippen LogP contribution >= 0.6 is 11.6 Å². The second-order valence-corrected chi connectivity index (χ2v) is 6.70. The molecule has 0 amide bonds. The molecule has 0 unspecified atom stereocenters. The van der Waals surface area contributed by atoms with Crippen LogP contribution in [0.1, 0.15) is 16.1 Å². The van der Waals surface area contributed by atoms with E-state index < -0.39 is 5.97 Å². The molecule has 138 valence electrons. The average Bonchev–Trinajstić information content (AvgIpc) is 2.63. The molecule has 3 rings (SSSR count). The summed E-state index contributed by atoms with van der Waals surface area (Å²) in [5.74, 6) is 0.915. The van der Waals surface area contributed by atoms with Gasteiger partial charge in [0.05, 0.1) is 23.4 Å². The van der Waals surface area contributed by atoms with Gasteiger partial charge in [-0.3, -0.25) is 0 Å². The maximum Gasteiger partial charge on any atom is 0.337 e. The third-order valence-electron chi connectivity index (χ3n) is 4.28. The highest BCUT2D eigenvalue weighted by Crippen LogP contribution is 2.27. The summed E-state index contributed by atoms with van der Waals surface area (Å²) in [6, 6.07) is 6.79. The number of carbonyl (C=O) groups is 1. The van der Waals surface area contributed by atoms with Crippen molar-refractivity contribution in [1.82, 2.24) is 14.9 Å². The van der Waals surface area contributed by atoms with E-state index in [1.807, 2.05) is 13.0 Å². The molecule has 0 saturated carbocycles. The second-order valence-electron chi connectivity index (χ2n) is 6.30. The monoisotopic (exact) mass is 375 g/mol. The van der Waals surface area contributed by atoms with E-state index in [1.54, 1.807) is 18.2 Å². The summed E-state index contributed by atoms with van der Waals surface area (Å²) in [7, 11) is 3.46. The standard InChI is InChI=1S/C18H22ClN5O2/c1-12-10-16(22-18(20-12)24-8-6-23(2)7-9-24)21-15-11-13(17(25)26-3)4-5-14(15)19/h4-5,10-11H,6-9H2,1-3H3,(H,20,21,22). The van der Waals surface area contributed by atoms with Crippen LogP contribution in [-0.2, 0) is 4.74 Å². The number of rotatable bonds is 4. The van der Waals surface area contributed by atoms with Crippen LogP contribution in [0, 0.1) is 6.92 Å². The van der Waals surface area contributed by atoms with Gasteiger partial charge >= 0.3 is 5.97 Å². The number of nitrogens with zero attached hydrogens (tertiary/aromatic N) is 4. The van der Waals surface area contributed by atoms with Gasteiger partial charge in [0.25, 0.3) is 0 Å². The van der Waals surface area contributed by atoms with Crippen molar-refractivity contribution in [2.45, 2.75) is 6.92 Å². The first-order valence-electron chi connectivity index (χ1n) is 8.40. The van der Waals surface area contributed by atoms with Crippen LogP contribution in [0.25, 0.3) is 0 Å². The van der Waals surface area contributed by atoms with Crippen LogP contribution in [0.3, 0.4) is 0 Å². The number of esters is 1. The van der Waals surface area contributed by atoms with Crippen LogP contribution in [0.5, 0.6) is 0 Å². The smallest absolute Gasteiger partial charge is 0.337 e. The summed E-state index contributed by atoms with van der Waals surface area (Å²) in [6.07, 6.45) is 0. The first-order valence-corrected chi connectivity index (χ1v) is 8.78. The van der Waals surface area contributed by atoms with Crippen molar-refractivity contribution in [2.75, 3.05) is 50.6 Å². The van der Waals surface area contributed by atoms with Gasteiger partial charge in [0.15, 0.2) is 0 Å². The summed E-state index contributed by atoms with van der Waals surface area (Å²) in [4.78, 5) is 25.4. The molecule has 0 spiro atoms. The van der Waals surface area contributed by atoms with Crippen LogP contribution in [0.2, 0.25) is 5.02 Å². The van der Waals surface area contributed by atoms with Crippen molar-refractivity contribution < 1.29 is 9.53 Å². The number of ether oxygens (including phenoxy) is 1. The number of methoxy groups -OCH3 is 1. The minimum absolute atomic E-state index is 0.415. The Hall–Kier alpha value is -2.38. The number of carbonyl (C=O) groups excluding carboxylic acids is 1. The number of hydrogen-bond donors (Lipinski definition) is 1. The SMILES string of the molecule is COC(=O)c1ccc(Cl)c(Nc2cc(C)nc(N3CCN(C)CC3)n2)c1. The minimum Gasteiger partial charge on any atom is -0.465 e. The molecule has 1 N–H and O–H groups in total. The molecule has 0 aliphatic carbocycles. The van der Waals surface area contributed by atoms with Crippen LogP contribution in [-0.4, -0.2) is 61.2 Å². The van der Waals surface area contributed by atoms with E-state index in [4.69, 9.17) is 16.3 Å². The number of hydrogen-bond acceptors (Lipinski definition) is 7. The molecule has 0 radical (unpaired) electrons. The predicted molar refractivity (Wildman–Crippen MR) is 103 cm³/mol. The Morgan fingerprint density at radius 1 is 1.19 bits per heavy atom. The molecule has 0 atom stereocenters. The summed E-state index contributed by atoms with van der Waals surface area (Å²) in [6.45, 7) is 5.66. The molecule has 8 heteroatoms. The lowest BCUT2D eigenvalue weighted by Gasteiger charge is -2.32. The highest BCUT2D eigenvalue weighted by atomic mass is 35.5. The second kappa shape index (κ2) is 7.88. The first-order chi connectivity index (χ1) is 12.5. The minimum atomic E-state index is -0.415. The number of piperazine rings is 1. The van der Waals surface area contributed by atoms with E-state index >= 15 is 0 Å². The van der Waals surface area contributed by atoms with Crippen molar-refractivity contribution in [3.05, 3.63) is 40.5 Å². The Morgan fingerprint density at radius 2 is 1.92 bits per heavy atom. The van der Waals surface area contributed by atoms with E-state index in [2.05, 4.69) is 32.1 Å². The van der Waals surface area contributed by atoms with Crippen LogP contribution in [0.4, 0.5) is 17.5 Å². The lowest BCUT2D eigenvalue weighted by molar-refractivity contribution is 0.0601. The van der Waals surface area contributed by atoms with Crippen LogP contribution < -0.4 is 10.2 Å². The third kappa shape index (κ3) is 4.23. The van der Waals surface area contributed by atoms with Gasteiger partial charge < -0.3 is 19.9 Å². The normalized spacial score (nSPS) is 15.0. The maximum atomic E-state index is 11.7. The molecule has 2 heterocycles. The summed E-state index contributed by atoms with van der Waals surface area (Å²) >= 11 is 6.26. The predicted octanol–water partition coefficient (Wildman–Crippen LogP) is 2.72. The number of aryl methyl sites for hydroxylation is 1. The molecule has 0 bridgehead atoms. The molecular formula is C18H22ClN5O2. The maximum absolute atomic E-state index is 11.7. The Kier molecular flexibility index (Phi) is 5.58. The van der Waals surface area contributed by atoms with Gasteiger partial charge in [-0.1, -0.05) is 11.6 Å². The summed E-state index contributed by atoms with van der Waals surface area (Å²) in [5.41, 5.74) is 1.87. The zero-order chi connectivity index (χ0) is 18.7. The fraction of sp³-hybridized carbons (Fsp3) is 0.389. The van der Waals surface area contributed by atoms with Crippen molar-refractivity contribution in [1.29, 1.82) is 0 Å². The van der Waals surface area contributed by atoms with Crippen molar-refractivity contribution in [3.63, 3.8) is 0 Å². The highest BCUT2D eigenvalue weighted by molar-refractivity contribution is 6.33. The summed E-state index contributed by atoms with van der Waals surface area (Å²) < 4.78 is 4.76. The molecule has 1 saturated heterocycles. The van der Waals surface area contributed by atoms with E-state index in [0.717, 1.165) is 31.9 Å². The Labute approximate surface area is 157 Å². The fourth-order valence-electron chi connectivity index (χ4n) is 2.77. The van der Waals surface area contributed by atoms with Gasteiger partial charge in [0, 0.05) is 37.9 Å². The van der Waals surface area contributed by atoms with E-state index in [1.165, 1.54) is 7.11 Å². The third-order valence-corrected chi connectivity index (χ3v) is 4.61. The number of anilines is 3. The van der Waals surface area contributed by atoms with Crippen molar-refractivity contribution in [3.8, 4) is 0 Å². The van der Waals surface area contributed by atoms with Gasteiger partial charge in [-0.2, -0.15) is 4.98 Å². The quantitative estimate of drug-likeness (QED) is 0.824. The first kappa shape index (κ1) is 18.4. The van der Waals surface area contributed by atoms with Crippen molar-refractivity contribution >= 4 is 35.0 Å². The number of nitrogens with one attached hydrogen (secondary N) is 1. The zero-order valence-corrected chi connectivity index (χ0v) is 15.9. The number of halogens is 1. The lowest BCUT2D eigenvalue weighted by Crippen LogP contribution is -2.45. The van der Waals surface area contributed by atoms with Gasteiger partial charge in [0.2, 0.25) is 5.95 Å². The van der Waals surface area contributed by atoms with Crippen LogP contribution in [0.15, 0.2) is 24.3 Å². The number of benzene rings is 1.